The van der Waals surface area contributed by atoms with E-state index in [-0.39, 0.29) is 6.42 Å². The van der Waals surface area contributed by atoms with Gasteiger partial charge < -0.3 is 14.2 Å². The number of methoxy groups -OCH3 is 2. The van der Waals surface area contributed by atoms with Crippen LogP contribution in [0.2, 0.25) is 0 Å². The Morgan fingerprint density at radius 1 is 1.09 bits per heavy atom. The second-order valence-electron chi connectivity index (χ2n) is 6.23. The maximum Gasteiger partial charge on any atom is 0.324 e. The molecule has 0 spiro atoms. The van der Waals surface area contributed by atoms with Crippen LogP contribution in [0.3, 0.4) is 0 Å². The van der Waals surface area contributed by atoms with Gasteiger partial charge in [0, 0.05) is 12.3 Å². The van der Waals surface area contributed by atoms with Gasteiger partial charge in [0.15, 0.2) is 5.41 Å². The molecule has 1 aliphatic carbocycles. The zero-order chi connectivity index (χ0) is 16.8. The third kappa shape index (κ3) is 1.90. The predicted molar refractivity (Wildman–Crippen MR) is 78.3 cm³/mol. The Bertz CT molecular complexity index is 651. The lowest BCUT2D eigenvalue weighted by Crippen LogP contribution is -2.53. The Kier molecular flexibility index (Phi) is 3.43. The first-order valence-corrected chi connectivity index (χ1v) is 7.35. The van der Waals surface area contributed by atoms with Crippen LogP contribution in [-0.2, 0) is 28.6 Å². The lowest BCUT2D eigenvalue weighted by Gasteiger charge is -2.42. The van der Waals surface area contributed by atoms with E-state index in [0.29, 0.717) is 5.56 Å². The smallest absolute Gasteiger partial charge is 0.324 e. The molecule has 6 nitrogen and oxygen atoms in total. The minimum atomic E-state index is -1.59. The van der Waals surface area contributed by atoms with Crippen molar-refractivity contribution in [2.75, 3.05) is 14.2 Å². The largest absolute Gasteiger partial charge is 0.468 e. The van der Waals surface area contributed by atoms with E-state index in [1.54, 1.807) is 31.2 Å². The number of rotatable bonds is 3. The summed E-state index contributed by atoms with van der Waals surface area (Å²) in [6.07, 6.45) is 0.0509. The van der Waals surface area contributed by atoms with Crippen molar-refractivity contribution in [2.24, 2.45) is 11.3 Å². The first kappa shape index (κ1) is 15.5. The van der Waals surface area contributed by atoms with Gasteiger partial charge in [0.25, 0.3) is 0 Å². The van der Waals surface area contributed by atoms with Crippen LogP contribution in [0.4, 0.5) is 0 Å². The Labute approximate surface area is 133 Å². The summed E-state index contributed by atoms with van der Waals surface area (Å²) in [5.41, 5.74) is -1.75. The van der Waals surface area contributed by atoms with Crippen molar-refractivity contribution in [1.82, 2.24) is 0 Å². The molecule has 122 valence electrons. The van der Waals surface area contributed by atoms with Gasteiger partial charge in [-0.1, -0.05) is 30.3 Å². The molecular weight excluding hydrogens is 300 g/mol. The number of esters is 3. The minimum absolute atomic E-state index is 0.0509. The average Bonchev–Trinajstić information content (AvgIpc) is 2.79. The first-order chi connectivity index (χ1) is 10.9. The Morgan fingerprint density at radius 2 is 1.65 bits per heavy atom. The van der Waals surface area contributed by atoms with E-state index < -0.39 is 40.8 Å². The molecule has 0 amide bonds. The first-order valence-electron chi connectivity index (χ1n) is 7.35. The van der Waals surface area contributed by atoms with E-state index in [2.05, 4.69) is 0 Å². The summed E-state index contributed by atoms with van der Waals surface area (Å²) in [6, 6.07) is 9.02. The van der Waals surface area contributed by atoms with Crippen molar-refractivity contribution >= 4 is 17.9 Å². The van der Waals surface area contributed by atoms with Crippen LogP contribution in [0.15, 0.2) is 30.3 Å². The molecule has 23 heavy (non-hydrogen) atoms. The van der Waals surface area contributed by atoms with Crippen LogP contribution < -0.4 is 0 Å². The van der Waals surface area contributed by atoms with E-state index in [1.165, 1.54) is 14.2 Å². The van der Waals surface area contributed by atoms with Gasteiger partial charge in [-0.3, -0.25) is 14.4 Å². The molecule has 0 bridgehead atoms. The number of carbonyl (C=O) groups is 3. The highest BCUT2D eigenvalue weighted by atomic mass is 16.6. The summed E-state index contributed by atoms with van der Waals surface area (Å²) >= 11 is 0. The fraction of sp³-hybridized carbons (Fsp3) is 0.471. The zero-order valence-electron chi connectivity index (χ0n) is 13.2. The molecule has 1 aromatic rings. The minimum Gasteiger partial charge on any atom is -0.468 e. The molecule has 1 aliphatic heterocycles. The van der Waals surface area contributed by atoms with E-state index >= 15 is 0 Å². The van der Waals surface area contributed by atoms with Gasteiger partial charge in [0.1, 0.15) is 11.5 Å². The summed E-state index contributed by atoms with van der Waals surface area (Å²) in [6.45, 7) is 1.74. The number of ether oxygens (including phenoxy) is 3. The molecule has 1 heterocycles. The Hall–Kier alpha value is -2.37. The number of carbonyl (C=O) groups excluding carboxylic acids is 3. The number of fused-ring (bicyclic) bond motifs is 1. The summed E-state index contributed by atoms with van der Waals surface area (Å²) in [7, 11) is 2.45. The lowest BCUT2D eigenvalue weighted by molar-refractivity contribution is -0.203. The molecule has 0 N–H and O–H groups in total. The maximum atomic E-state index is 12.6. The molecule has 1 saturated carbocycles. The van der Waals surface area contributed by atoms with Gasteiger partial charge in [-0.05, 0) is 12.5 Å². The zero-order valence-corrected chi connectivity index (χ0v) is 13.2. The molecule has 0 radical (unpaired) electrons. The molecule has 1 aromatic carbocycles. The summed E-state index contributed by atoms with van der Waals surface area (Å²) in [5, 5.41) is 0. The van der Waals surface area contributed by atoms with Crippen molar-refractivity contribution in [3.8, 4) is 0 Å². The topological polar surface area (TPSA) is 78.9 Å². The van der Waals surface area contributed by atoms with Gasteiger partial charge in [-0.25, -0.2) is 0 Å². The fourth-order valence-corrected chi connectivity index (χ4v) is 4.11. The van der Waals surface area contributed by atoms with Crippen molar-refractivity contribution < 1.29 is 28.6 Å². The average molecular weight is 318 g/mol. The van der Waals surface area contributed by atoms with Crippen molar-refractivity contribution in [3.05, 3.63) is 35.9 Å². The summed E-state index contributed by atoms with van der Waals surface area (Å²) in [5.74, 6) is -3.07. The molecule has 6 heteroatoms. The van der Waals surface area contributed by atoms with Gasteiger partial charge in [-0.15, -0.1) is 0 Å². The maximum absolute atomic E-state index is 12.6. The molecule has 0 aromatic heterocycles. The third-order valence-corrected chi connectivity index (χ3v) is 5.00. The van der Waals surface area contributed by atoms with Crippen molar-refractivity contribution in [1.29, 1.82) is 0 Å². The molecule has 2 fully saturated rings. The predicted octanol–water partition coefficient (Wildman–Crippen LogP) is 1.44. The number of hydrogen-bond acceptors (Lipinski definition) is 6. The lowest BCUT2D eigenvalue weighted by atomic mass is 9.71. The van der Waals surface area contributed by atoms with Gasteiger partial charge in [0.05, 0.1) is 14.2 Å². The molecule has 1 saturated heterocycles. The highest BCUT2D eigenvalue weighted by molar-refractivity contribution is 6.04. The molecule has 0 unspecified atom stereocenters. The van der Waals surface area contributed by atoms with E-state index in [0.717, 1.165) is 0 Å². The van der Waals surface area contributed by atoms with E-state index in [1.807, 2.05) is 6.07 Å². The highest BCUT2D eigenvalue weighted by Gasteiger charge is 2.76. The van der Waals surface area contributed by atoms with Crippen molar-refractivity contribution in [3.63, 3.8) is 0 Å². The van der Waals surface area contributed by atoms with Gasteiger partial charge in [-0.2, -0.15) is 0 Å². The van der Waals surface area contributed by atoms with Crippen LogP contribution in [0.1, 0.15) is 24.8 Å². The third-order valence-electron chi connectivity index (χ3n) is 5.00. The summed E-state index contributed by atoms with van der Waals surface area (Å²) in [4.78, 5) is 37.3. The normalized spacial score (nSPS) is 30.7. The highest BCUT2D eigenvalue weighted by Crippen LogP contribution is 2.64. The summed E-state index contributed by atoms with van der Waals surface area (Å²) < 4.78 is 15.1. The van der Waals surface area contributed by atoms with E-state index in [4.69, 9.17) is 14.2 Å². The van der Waals surface area contributed by atoms with E-state index in [9.17, 15) is 14.4 Å². The fourth-order valence-electron chi connectivity index (χ4n) is 4.11. The Morgan fingerprint density at radius 3 is 2.13 bits per heavy atom. The van der Waals surface area contributed by atoms with Gasteiger partial charge in [0.2, 0.25) is 0 Å². The van der Waals surface area contributed by atoms with Crippen LogP contribution in [0.25, 0.3) is 0 Å². The van der Waals surface area contributed by atoms with Gasteiger partial charge >= 0.3 is 17.9 Å². The quantitative estimate of drug-likeness (QED) is 0.477. The van der Waals surface area contributed by atoms with Crippen molar-refractivity contribution in [2.45, 2.75) is 24.9 Å². The SMILES string of the molecule is COC(=O)C1(C(=O)OC)C[C@@]2(C)OC(=O)[C@H]2[C@@H]1c1ccccc1. The second kappa shape index (κ2) is 5.08. The molecule has 3 rings (SSSR count). The van der Waals surface area contributed by atoms with Crippen LogP contribution in [-0.4, -0.2) is 37.7 Å². The Balaban J connectivity index is 2.21. The monoisotopic (exact) mass is 318 g/mol. The second-order valence-corrected chi connectivity index (χ2v) is 6.23. The molecular formula is C17H18O6. The van der Waals surface area contributed by atoms with Crippen LogP contribution in [0.5, 0.6) is 0 Å². The standard InChI is InChI=1S/C17H18O6/c1-16-9-17(14(19)21-2,15(20)22-3)11(12(16)13(18)23-16)10-7-5-4-6-8-10/h4-8,11-12H,9H2,1-3H3/t11-,12+,16+/m0/s1. The molecule has 2 aliphatic rings. The van der Waals surface area contributed by atoms with Crippen LogP contribution >= 0.6 is 0 Å². The van der Waals surface area contributed by atoms with Crippen LogP contribution in [0, 0.1) is 11.3 Å². The number of benzene rings is 1. The number of hydrogen-bond donors (Lipinski definition) is 0. The molecule has 3 atom stereocenters.